The first-order valence-corrected chi connectivity index (χ1v) is 9.55. The van der Waals surface area contributed by atoms with Gasteiger partial charge in [0.25, 0.3) is 5.91 Å². The van der Waals surface area contributed by atoms with Crippen LogP contribution in [0.1, 0.15) is 6.92 Å². The van der Waals surface area contributed by atoms with E-state index in [0.29, 0.717) is 37.6 Å². The first kappa shape index (κ1) is 18.3. The molecule has 0 radical (unpaired) electrons. The third-order valence-electron chi connectivity index (χ3n) is 5.17. The van der Waals surface area contributed by atoms with E-state index in [9.17, 15) is 9.18 Å². The van der Waals surface area contributed by atoms with Crippen LogP contribution in [0.3, 0.4) is 0 Å². The van der Waals surface area contributed by atoms with Gasteiger partial charge in [-0.3, -0.25) is 4.79 Å². The lowest BCUT2D eigenvalue weighted by Crippen LogP contribution is -2.52. The number of carbonyl (C=O) groups excluding carboxylic acids is 1. The molecule has 4 rings (SSSR count). The van der Waals surface area contributed by atoms with Crippen LogP contribution in [-0.4, -0.2) is 43.1 Å². The number of ether oxygens (including phenoxy) is 1. The number of halogens is 1. The van der Waals surface area contributed by atoms with E-state index in [4.69, 9.17) is 4.74 Å². The molecular weight excluding hydrogens is 355 g/mol. The van der Waals surface area contributed by atoms with Crippen molar-refractivity contribution in [2.24, 2.45) is 0 Å². The van der Waals surface area contributed by atoms with Gasteiger partial charge in [-0.2, -0.15) is 0 Å². The Hall–Kier alpha value is -3.08. The summed E-state index contributed by atoms with van der Waals surface area (Å²) in [5.41, 5.74) is 0.593. The third kappa shape index (κ3) is 3.79. The van der Waals surface area contributed by atoms with E-state index in [2.05, 4.69) is 0 Å². The normalized spacial score (nSPS) is 15.5. The first-order valence-electron chi connectivity index (χ1n) is 9.55. The van der Waals surface area contributed by atoms with E-state index in [0.717, 1.165) is 10.8 Å². The summed E-state index contributed by atoms with van der Waals surface area (Å²) in [6.07, 6.45) is -0.568. The topological polar surface area (TPSA) is 32.8 Å². The fraction of sp³-hybridized carbons (Fsp3) is 0.261. The number of hydrogen-bond donors (Lipinski definition) is 0. The SMILES string of the molecule is CC(Oc1ccc2ccccc2c1)C(=O)N1CCN(c2ccccc2F)CC1. The molecule has 28 heavy (non-hydrogen) atoms. The Kier molecular flexibility index (Phi) is 5.15. The molecule has 3 aromatic carbocycles. The average molecular weight is 378 g/mol. The number of rotatable bonds is 4. The van der Waals surface area contributed by atoms with Gasteiger partial charge >= 0.3 is 0 Å². The molecular formula is C23H23FN2O2. The fourth-order valence-corrected chi connectivity index (χ4v) is 3.63. The molecule has 4 nitrogen and oxygen atoms in total. The van der Waals surface area contributed by atoms with Gasteiger partial charge in [-0.1, -0.05) is 42.5 Å². The molecule has 1 aliphatic rings. The molecule has 1 unspecified atom stereocenters. The molecule has 0 N–H and O–H groups in total. The Morgan fingerprint density at radius 2 is 1.61 bits per heavy atom. The van der Waals surface area contributed by atoms with E-state index in [1.54, 1.807) is 24.0 Å². The third-order valence-corrected chi connectivity index (χ3v) is 5.17. The second-order valence-electron chi connectivity index (χ2n) is 7.03. The average Bonchev–Trinajstić information content (AvgIpc) is 2.73. The largest absolute Gasteiger partial charge is 0.481 e. The summed E-state index contributed by atoms with van der Waals surface area (Å²) in [6.45, 7) is 4.10. The number of nitrogens with zero attached hydrogens (tertiary/aromatic N) is 2. The van der Waals surface area contributed by atoms with Crippen LogP contribution in [0.5, 0.6) is 5.75 Å². The predicted octanol–water partition coefficient (Wildman–Crippen LogP) is 4.10. The number of hydrogen-bond acceptors (Lipinski definition) is 3. The Morgan fingerprint density at radius 1 is 0.929 bits per heavy atom. The van der Waals surface area contributed by atoms with Crippen LogP contribution in [0, 0.1) is 5.82 Å². The van der Waals surface area contributed by atoms with Crippen molar-refractivity contribution in [1.29, 1.82) is 0 Å². The lowest BCUT2D eigenvalue weighted by Gasteiger charge is -2.37. The molecule has 5 heteroatoms. The molecule has 1 amide bonds. The number of piperazine rings is 1. The summed E-state index contributed by atoms with van der Waals surface area (Å²) in [6, 6.07) is 20.6. The van der Waals surface area contributed by atoms with Gasteiger partial charge < -0.3 is 14.5 Å². The smallest absolute Gasteiger partial charge is 0.263 e. The minimum absolute atomic E-state index is 0.0404. The number of amides is 1. The Balaban J connectivity index is 1.37. The highest BCUT2D eigenvalue weighted by atomic mass is 19.1. The number of fused-ring (bicyclic) bond motifs is 1. The zero-order valence-electron chi connectivity index (χ0n) is 15.8. The second-order valence-corrected chi connectivity index (χ2v) is 7.03. The summed E-state index contributed by atoms with van der Waals surface area (Å²) in [5.74, 6) is 0.418. The van der Waals surface area contributed by atoms with E-state index < -0.39 is 6.10 Å². The molecule has 144 valence electrons. The van der Waals surface area contributed by atoms with Crippen molar-refractivity contribution in [3.05, 3.63) is 72.5 Å². The van der Waals surface area contributed by atoms with Crippen LogP contribution < -0.4 is 9.64 Å². The van der Waals surface area contributed by atoms with Gasteiger partial charge in [0, 0.05) is 26.2 Å². The number of carbonyl (C=O) groups is 1. The van der Waals surface area contributed by atoms with Crippen molar-refractivity contribution < 1.29 is 13.9 Å². The van der Waals surface area contributed by atoms with Gasteiger partial charge in [0.1, 0.15) is 11.6 Å². The molecule has 0 aromatic heterocycles. The van der Waals surface area contributed by atoms with Crippen LogP contribution in [0.25, 0.3) is 10.8 Å². The van der Waals surface area contributed by atoms with Crippen LogP contribution in [-0.2, 0) is 4.79 Å². The van der Waals surface area contributed by atoms with E-state index >= 15 is 0 Å². The minimum atomic E-state index is -0.568. The molecule has 1 heterocycles. The minimum Gasteiger partial charge on any atom is -0.481 e. The summed E-state index contributed by atoms with van der Waals surface area (Å²) < 4.78 is 19.9. The molecule has 1 saturated heterocycles. The molecule has 0 spiro atoms. The number of para-hydroxylation sites is 1. The molecule has 1 aliphatic heterocycles. The number of anilines is 1. The van der Waals surface area contributed by atoms with Crippen molar-refractivity contribution in [2.45, 2.75) is 13.0 Å². The highest BCUT2D eigenvalue weighted by Gasteiger charge is 2.27. The predicted molar refractivity (Wildman–Crippen MR) is 109 cm³/mol. The van der Waals surface area contributed by atoms with Crippen LogP contribution in [0.4, 0.5) is 10.1 Å². The highest BCUT2D eigenvalue weighted by Crippen LogP contribution is 2.23. The van der Waals surface area contributed by atoms with Gasteiger partial charge in [-0.25, -0.2) is 4.39 Å². The molecule has 0 aliphatic carbocycles. The lowest BCUT2D eigenvalue weighted by molar-refractivity contribution is -0.138. The maximum absolute atomic E-state index is 14.0. The van der Waals surface area contributed by atoms with Crippen molar-refractivity contribution in [2.75, 3.05) is 31.1 Å². The van der Waals surface area contributed by atoms with Gasteiger partial charge in [0.05, 0.1) is 5.69 Å². The van der Waals surface area contributed by atoms with Crippen LogP contribution >= 0.6 is 0 Å². The zero-order chi connectivity index (χ0) is 19.5. The Labute approximate surface area is 164 Å². The van der Waals surface area contributed by atoms with Crippen LogP contribution in [0.2, 0.25) is 0 Å². The molecule has 0 bridgehead atoms. The Bertz CT molecular complexity index is 983. The van der Waals surface area contributed by atoms with Gasteiger partial charge in [0.15, 0.2) is 6.10 Å². The number of benzene rings is 3. The lowest BCUT2D eigenvalue weighted by atomic mass is 10.1. The monoisotopic (exact) mass is 378 g/mol. The molecule has 1 atom stereocenters. The summed E-state index contributed by atoms with van der Waals surface area (Å²) in [7, 11) is 0. The van der Waals surface area contributed by atoms with E-state index in [1.165, 1.54) is 6.07 Å². The zero-order valence-corrected chi connectivity index (χ0v) is 15.8. The summed E-state index contributed by atoms with van der Waals surface area (Å²) in [4.78, 5) is 16.6. The maximum atomic E-state index is 14.0. The highest BCUT2D eigenvalue weighted by molar-refractivity contribution is 5.84. The summed E-state index contributed by atoms with van der Waals surface area (Å²) >= 11 is 0. The van der Waals surface area contributed by atoms with Crippen LogP contribution in [0.15, 0.2) is 66.7 Å². The quantitative estimate of drug-likeness (QED) is 0.685. The van der Waals surface area contributed by atoms with Gasteiger partial charge in [-0.05, 0) is 42.0 Å². The standard InChI is InChI=1S/C23H23FN2O2/c1-17(28-20-11-10-18-6-2-3-7-19(18)16-20)23(27)26-14-12-25(13-15-26)22-9-5-4-8-21(22)24/h2-11,16-17H,12-15H2,1H3. The maximum Gasteiger partial charge on any atom is 0.263 e. The second kappa shape index (κ2) is 7.89. The Morgan fingerprint density at radius 3 is 2.36 bits per heavy atom. The fourth-order valence-electron chi connectivity index (χ4n) is 3.63. The van der Waals surface area contributed by atoms with Crippen molar-refractivity contribution in [3.8, 4) is 5.75 Å². The van der Waals surface area contributed by atoms with E-state index in [1.807, 2.05) is 53.4 Å². The van der Waals surface area contributed by atoms with Crippen molar-refractivity contribution >= 4 is 22.4 Å². The molecule has 0 saturated carbocycles. The van der Waals surface area contributed by atoms with Gasteiger partial charge in [-0.15, -0.1) is 0 Å². The van der Waals surface area contributed by atoms with E-state index in [-0.39, 0.29) is 11.7 Å². The molecule has 1 fully saturated rings. The van der Waals surface area contributed by atoms with Crippen molar-refractivity contribution in [1.82, 2.24) is 4.90 Å². The summed E-state index contributed by atoms with van der Waals surface area (Å²) in [5, 5.41) is 2.22. The van der Waals surface area contributed by atoms with Gasteiger partial charge in [0.2, 0.25) is 0 Å². The van der Waals surface area contributed by atoms with Crippen molar-refractivity contribution in [3.63, 3.8) is 0 Å². The first-order chi connectivity index (χ1) is 13.6. The molecule has 3 aromatic rings.